The average Bonchev–Trinajstić information content (AvgIpc) is 2.47. The van der Waals surface area contributed by atoms with Crippen molar-refractivity contribution in [2.24, 2.45) is 0 Å². The Labute approximate surface area is 122 Å². The second-order valence-electron chi connectivity index (χ2n) is 5.76. The predicted octanol–water partition coefficient (Wildman–Crippen LogP) is 2.76. The minimum atomic E-state index is 0.288. The van der Waals surface area contributed by atoms with E-state index in [-0.39, 0.29) is 6.10 Å². The van der Waals surface area contributed by atoms with E-state index in [4.69, 9.17) is 4.74 Å². The number of anilines is 1. The van der Waals surface area contributed by atoms with Gasteiger partial charge in [-0.05, 0) is 45.9 Å². The molecule has 0 aromatic carbocycles. The Morgan fingerprint density at radius 3 is 2.90 bits per heavy atom. The molecule has 0 saturated carbocycles. The number of morpholine rings is 1. The molecule has 3 atom stereocenters. The van der Waals surface area contributed by atoms with E-state index in [1.807, 2.05) is 6.20 Å². The molecule has 4 nitrogen and oxygen atoms in total. The molecule has 4 heteroatoms. The maximum Gasteiger partial charge on any atom is 0.0723 e. The zero-order valence-electron chi connectivity index (χ0n) is 13.1. The molecular weight excluding hydrogens is 250 g/mol. The van der Waals surface area contributed by atoms with Crippen LogP contribution in [0, 0.1) is 0 Å². The average molecular weight is 277 g/mol. The van der Waals surface area contributed by atoms with Gasteiger partial charge in [0.25, 0.3) is 0 Å². The Kier molecular flexibility index (Phi) is 5.38. The highest BCUT2D eigenvalue weighted by molar-refractivity contribution is 5.46. The molecule has 1 aliphatic heterocycles. The van der Waals surface area contributed by atoms with E-state index in [0.717, 1.165) is 31.8 Å². The molecule has 1 fully saturated rings. The second-order valence-corrected chi connectivity index (χ2v) is 5.76. The minimum absolute atomic E-state index is 0.288. The van der Waals surface area contributed by atoms with Gasteiger partial charge in [-0.1, -0.05) is 6.92 Å². The van der Waals surface area contributed by atoms with Crippen LogP contribution in [0.25, 0.3) is 0 Å². The monoisotopic (exact) mass is 277 g/mol. The third kappa shape index (κ3) is 3.70. The highest BCUT2D eigenvalue weighted by Gasteiger charge is 2.23. The van der Waals surface area contributed by atoms with E-state index >= 15 is 0 Å². The summed E-state index contributed by atoms with van der Waals surface area (Å²) in [4.78, 5) is 7.01. The number of nitrogens with one attached hydrogen (secondary N) is 1. The van der Waals surface area contributed by atoms with Gasteiger partial charge in [-0.3, -0.25) is 4.98 Å². The number of aromatic nitrogens is 1. The Bertz CT molecular complexity index is 407. The van der Waals surface area contributed by atoms with E-state index < -0.39 is 0 Å². The van der Waals surface area contributed by atoms with E-state index in [0.29, 0.717) is 12.1 Å². The molecular formula is C16H27N3O. The summed E-state index contributed by atoms with van der Waals surface area (Å²) in [5.41, 5.74) is 2.30. The molecule has 3 unspecified atom stereocenters. The summed E-state index contributed by atoms with van der Waals surface area (Å²) < 4.78 is 5.68. The van der Waals surface area contributed by atoms with Crippen LogP contribution in [0.2, 0.25) is 0 Å². The molecule has 0 bridgehead atoms. The van der Waals surface area contributed by atoms with Crippen molar-refractivity contribution in [2.75, 3.05) is 24.6 Å². The molecule has 0 amide bonds. The Morgan fingerprint density at radius 1 is 1.45 bits per heavy atom. The normalized spacial score (nSPS) is 24.7. The highest BCUT2D eigenvalue weighted by atomic mass is 16.5. The summed E-state index contributed by atoms with van der Waals surface area (Å²) in [5, 5.41) is 3.47. The first kappa shape index (κ1) is 15.3. The molecule has 1 aromatic heterocycles. The molecule has 0 spiro atoms. The number of hydrogen-bond donors (Lipinski definition) is 1. The summed E-state index contributed by atoms with van der Waals surface area (Å²) >= 11 is 0. The van der Waals surface area contributed by atoms with Gasteiger partial charge in [-0.15, -0.1) is 0 Å². The zero-order valence-corrected chi connectivity index (χ0v) is 13.1. The van der Waals surface area contributed by atoms with Gasteiger partial charge in [0.2, 0.25) is 0 Å². The molecule has 0 radical (unpaired) electrons. The van der Waals surface area contributed by atoms with Gasteiger partial charge >= 0.3 is 0 Å². The van der Waals surface area contributed by atoms with Gasteiger partial charge < -0.3 is 15.0 Å². The third-order valence-electron chi connectivity index (χ3n) is 3.85. The summed E-state index contributed by atoms with van der Waals surface area (Å²) in [5.74, 6) is 0. The smallest absolute Gasteiger partial charge is 0.0723 e. The molecule has 1 N–H and O–H groups in total. The van der Waals surface area contributed by atoms with Crippen molar-refractivity contribution in [1.29, 1.82) is 0 Å². The van der Waals surface area contributed by atoms with Crippen LogP contribution >= 0.6 is 0 Å². The van der Waals surface area contributed by atoms with Crippen molar-refractivity contribution in [3.63, 3.8) is 0 Å². The number of ether oxygens (including phenoxy) is 1. The zero-order chi connectivity index (χ0) is 14.5. The van der Waals surface area contributed by atoms with Gasteiger partial charge in [-0.2, -0.15) is 0 Å². The van der Waals surface area contributed by atoms with Crippen LogP contribution in [0.4, 0.5) is 5.69 Å². The van der Waals surface area contributed by atoms with Crippen molar-refractivity contribution < 1.29 is 4.74 Å². The first-order chi connectivity index (χ1) is 9.61. The van der Waals surface area contributed by atoms with Crippen LogP contribution in [0.5, 0.6) is 0 Å². The van der Waals surface area contributed by atoms with Gasteiger partial charge in [0.1, 0.15) is 0 Å². The highest BCUT2D eigenvalue weighted by Crippen LogP contribution is 2.22. The number of pyridine rings is 1. The Morgan fingerprint density at radius 2 is 2.25 bits per heavy atom. The topological polar surface area (TPSA) is 37.4 Å². The van der Waals surface area contributed by atoms with Crippen molar-refractivity contribution in [3.05, 3.63) is 24.0 Å². The lowest BCUT2D eigenvalue weighted by molar-refractivity contribution is 0.0343. The molecule has 1 saturated heterocycles. The van der Waals surface area contributed by atoms with Gasteiger partial charge in [-0.25, -0.2) is 0 Å². The van der Waals surface area contributed by atoms with E-state index in [9.17, 15) is 0 Å². The number of nitrogens with zero attached hydrogens (tertiary/aromatic N) is 2. The standard InChI is InChI=1S/C16H27N3O/c1-5-8-17-14(4)16-7-6-15(9-18-16)19-10-13(3)20-11-12(19)2/h6-7,9,12-14,17H,5,8,10-11H2,1-4H3. The van der Waals surface area contributed by atoms with Crippen LogP contribution in [0.1, 0.15) is 45.9 Å². The largest absolute Gasteiger partial charge is 0.375 e. The maximum atomic E-state index is 5.68. The second kappa shape index (κ2) is 7.04. The van der Waals surface area contributed by atoms with Crippen LogP contribution in [-0.4, -0.2) is 36.8 Å². The molecule has 1 aliphatic rings. The van der Waals surface area contributed by atoms with Crippen molar-refractivity contribution in [2.45, 2.75) is 52.3 Å². The van der Waals surface area contributed by atoms with E-state index in [1.165, 1.54) is 5.69 Å². The van der Waals surface area contributed by atoms with Crippen LogP contribution in [0.3, 0.4) is 0 Å². The summed E-state index contributed by atoms with van der Waals surface area (Å²) in [7, 11) is 0. The molecule has 0 aliphatic carbocycles. The summed E-state index contributed by atoms with van der Waals surface area (Å²) in [6, 6.07) is 5.04. The van der Waals surface area contributed by atoms with Gasteiger partial charge in [0.15, 0.2) is 0 Å². The SMILES string of the molecule is CCCNC(C)c1ccc(N2CC(C)OCC2C)cn1. The maximum absolute atomic E-state index is 5.68. The van der Waals surface area contributed by atoms with Crippen molar-refractivity contribution in [3.8, 4) is 0 Å². The fraction of sp³-hybridized carbons (Fsp3) is 0.688. The number of rotatable bonds is 5. The lowest BCUT2D eigenvalue weighted by Crippen LogP contribution is -2.47. The molecule has 2 rings (SSSR count). The fourth-order valence-corrected chi connectivity index (χ4v) is 2.55. The van der Waals surface area contributed by atoms with Crippen molar-refractivity contribution >= 4 is 5.69 Å². The summed E-state index contributed by atoms with van der Waals surface area (Å²) in [6.07, 6.45) is 3.43. The summed E-state index contributed by atoms with van der Waals surface area (Å²) in [6.45, 7) is 11.4. The fourth-order valence-electron chi connectivity index (χ4n) is 2.55. The van der Waals surface area contributed by atoms with Crippen LogP contribution in [0.15, 0.2) is 18.3 Å². The first-order valence-corrected chi connectivity index (χ1v) is 7.69. The number of hydrogen-bond acceptors (Lipinski definition) is 4. The third-order valence-corrected chi connectivity index (χ3v) is 3.85. The molecule has 2 heterocycles. The van der Waals surface area contributed by atoms with Gasteiger partial charge in [0, 0.05) is 18.6 Å². The van der Waals surface area contributed by atoms with Crippen LogP contribution in [-0.2, 0) is 4.74 Å². The van der Waals surface area contributed by atoms with Crippen molar-refractivity contribution in [1.82, 2.24) is 10.3 Å². The predicted molar refractivity (Wildman–Crippen MR) is 83.2 cm³/mol. The Hall–Kier alpha value is -1.13. The van der Waals surface area contributed by atoms with Gasteiger partial charge in [0.05, 0.1) is 30.3 Å². The lowest BCUT2D eigenvalue weighted by Gasteiger charge is -2.38. The Balaban J connectivity index is 2.03. The lowest BCUT2D eigenvalue weighted by atomic mass is 10.1. The quantitative estimate of drug-likeness (QED) is 0.898. The molecule has 20 heavy (non-hydrogen) atoms. The first-order valence-electron chi connectivity index (χ1n) is 7.69. The minimum Gasteiger partial charge on any atom is -0.375 e. The van der Waals surface area contributed by atoms with E-state index in [1.54, 1.807) is 0 Å². The van der Waals surface area contributed by atoms with Crippen LogP contribution < -0.4 is 10.2 Å². The molecule has 1 aromatic rings. The van der Waals surface area contributed by atoms with E-state index in [2.05, 4.69) is 55.0 Å². The molecule has 112 valence electrons.